The maximum atomic E-state index is 6.09. The van der Waals surface area contributed by atoms with Crippen molar-refractivity contribution < 1.29 is 0 Å². The molecule has 88 valence electrons. The Bertz CT molecular complexity index is 555. The van der Waals surface area contributed by atoms with Crippen LogP contribution >= 0.6 is 23.4 Å². The summed E-state index contributed by atoms with van der Waals surface area (Å²) >= 11 is 7.63. The van der Waals surface area contributed by atoms with Crippen molar-refractivity contribution >= 4 is 29.1 Å². The fourth-order valence-electron chi connectivity index (χ4n) is 1.40. The lowest BCUT2D eigenvalue weighted by molar-refractivity contribution is 1.13. The van der Waals surface area contributed by atoms with Crippen molar-refractivity contribution in [3.8, 4) is 0 Å². The number of rotatable bonds is 2. The molecule has 0 aliphatic carbocycles. The van der Waals surface area contributed by atoms with Gasteiger partial charge in [0.15, 0.2) is 0 Å². The van der Waals surface area contributed by atoms with Crippen LogP contribution in [0.2, 0.25) is 5.02 Å². The number of nitrogen functional groups attached to an aromatic ring is 1. The number of hydrogen-bond donors (Lipinski definition) is 1. The minimum Gasteiger partial charge on any atom is -0.397 e. The second kappa shape index (κ2) is 4.98. The molecule has 0 fully saturated rings. The standard InChI is InChI=1S/C13H13ClN2S/c1-8-3-4-11(5-9(8)2)17-13-12(14)6-10(15)7-16-13/h3-7H,15H2,1-2H3. The predicted octanol–water partition coefficient (Wildman–Crippen LogP) is 4.09. The SMILES string of the molecule is Cc1ccc(Sc2ncc(N)cc2Cl)cc1C. The molecule has 0 saturated heterocycles. The molecule has 0 aliphatic heterocycles. The molecule has 17 heavy (non-hydrogen) atoms. The quantitative estimate of drug-likeness (QED) is 0.888. The molecular formula is C13H13ClN2S. The van der Waals surface area contributed by atoms with Crippen LogP contribution in [-0.2, 0) is 0 Å². The largest absolute Gasteiger partial charge is 0.397 e. The predicted molar refractivity (Wildman–Crippen MR) is 73.7 cm³/mol. The van der Waals surface area contributed by atoms with Gasteiger partial charge in [0.05, 0.1) is 16.9 Å². The number of pyridine rings is 1. The van der Waals surface area contributed by atoms with Crippen LogP contribution in [0.1, 0.15) is 11.1 Å². The monoisotopic (exact) mass is 264 g/mol. The van der Waals surface area contributed by atoms with Crippen molar-refractivity contribution in [1.82, 2.24) is 4.98 Å². The molecule has 2 N–H and O–H groups in total. The van der Waals surface area contributed by atoms with Crippen LogP contribution in [0.25, 0.3) is 0 Å². The lowest BCUT2D eigenvalue weighted by Gasteiger charge is -2.06. The summed E-state index contributed by atoms with van der Waals surface area (Å²) in [5.74, 6) is 0. The molecule has 0 bridgehead atoms. The summed E-state index contributed by atoms with van der Waals surface area (Å²) in [4.78, 5) is 5.36. The Morgan fingerprint density at radius 1 is 1.18 bits per heavy atom. The van der Waals surface area contributed by atoms with Gasteiger partial charge in [-0.3, -0.25) is 0 Å². The van der Waals surface area contributed by atoms with E-state index in [9.17, 15) is 0 Å². The van der Waals surface area contributed by atoms with E-state index in [2.05, 4.69) is 37.0 Å². The lowest BCUT2D eigenvalue weighted by atomic mass is 10.1. The molecular weight excluding hydrogens is 252 g/mol. The van der Waals surface area contributed by atoms with Gasteiger partial charge >= 0.3 is 0 Å². The summed E-state index contributed by atoms with van der Waals surface area (Å²) in [5.41, 5.74) is 8.74. The Balaban J connectivity index is 2.28. The molecule has 2 nitrogen and oxygen atoms in total. The van der Waals surface area contributed by atoms with Crippen LogP contribution in [-0.4, -0.2) is 4.98 Å². The molecule has 0 unspecified atom stereocenters. The smallest absolute Gasteiger partial charge is 0.120 e. The molecule has 4 heteroatoms. The Morgan fingerprint density at radius 3 is 2.59 bits per heavy atom. The first-order chi connectivity index (χ1) is 8.06. The number of nitrogens with two attached hydrogens (primary N) is 1. The second-order valence-electron chi connectivity index (χ2n) is 3.90. The van der Waals surface area contributed by atoms with Crippen molar-refractivity contribution in [1.29, 1.82) is 0 Å². The van der Waals surface area contributed by atoms with Gasteiger partial charge in [-0.05, 0) is 43.2 Å². The fraction of sp³-hybridized carbons (Fsp3) is 0.154. The van der Waals surface area contributed by atoms with E-state index in [0.717, 1.165) is 9.92 Å². The zero-order chi connectivity index (χ0) is 12.4. The molecule has 1 aromatic heterocycles. The number of anilines is 1. The Hall–Kier alpha value is -1.19. The maximum absolute atomic E-state index is 6.09. The number of benzene rings is 1. The first-order valence-electron chi connectivity index (χ1n) is 5.22. The third-order valence-corrected chi connectivity index (χ3v) is 3.93. The summed E-state index contributed by atoms with van der Waals surface area (Å²) < 4.78 is 0. The first-order valence-corrected chi connectivity index (χ1v) is 6.42. The minimum atomic E-state index is 0.583. The molecule has 2 aromatic rings. The molecule has 0 saturated carbocycles. The Kier molecular flexibility index (Phi) is 3.60. The lowest BCUT2D eigenvalue weighted by Crippen LogP contribution is -1.89. The van der Waals surface area contributed by atoms with E-state index in [4.69, 9.17) is 17.3 Å². The third kappa shape index (κ3) is 2.93. The van der Waals surface area contributed by atoms with Crippen LogP contribution in [0.15, 0.2) is 40.4 Å². The maximum Gasteiger partial charge on any atom is 0.120 e. The number of aromatic nitrogens is 1. The van der Waals surface area contributed by atoms with E-state index in [0.29, 0.717) is 10.7 Å². The summed E-state index contributed by atoms with van der Waals surface area (Å²) in [6.45, 7) is 4.19. The van der Waals surface area contributed by atoms with Crippen molar-refractivity contribution in [2.24, 2.45) is 0 Å². The summed E-state index contributed by atoms with van der Waals surface area (Å²) in [5, 5.41) is 1.37. The topological polar surface area (TPSA) is 38.9 Å². The average molecular weight is 265 g/mol. The highest BCUT2D eigenvalue weighted by atomic mass is 35.5. The number of nitrogens with zero attached hydrogens (tertiary/aromatic N) is 1. The second-order valence-corrected chi connectivity index (χ2v) is 5.37. The van der Waals surface area contributed by atoms with Gasteiger partial charge in [0.1, 0.15) is 5.03 Å². The molecule has 0 atom stereocenters. The average Bonchev–Trinajstić information content (AvgIpc) is 2.27. The van der Waals surface area contributed by atoms with E-state index in [1.54, 1.807) is 24.0 Å². The Morgan fingerprint density at radius 2 is 1.94 bits per heavy atom. The van der Waals surface area contributed by atoms with Crippen molar-refractivity contribution in [2.45, 2.75) is 23.8 Å². The Labute approximate surface area is 110 Å². The van der Waals surface area contributed by atoms with E-state index >= 15 is 0 Å². The van der Waals surface area contributed by atoms with Gasteiger partial charge in [0, 0.05) is 4.90 Å². The number of halogens is 1. The molecule has 1 heterocycles. The van der Waals surface area contributed by atoms with Gasteiger partial charge in [0.25, 0.3) is 0 Å². The van der Waals surface area contributed by atoms with Gasteiger partial charge in [-0.15, -0.1) is 0 Å². The van der Waals surface area contributed by atoms with Crippen molar-refractivity contribution in [3.05, 3.63) is 46.6 Å². The van der Waals surface area contributed by atoms with Crippen LogP contribution in [0, 0.1) is 13.8 Å². The van der Waals surface area contributed by atoms with Gasteiger partial charge in [-0.2, -0.15) is 0 Å². The van der Waals surface area contributed by atoms with E-state index in [1.807, 2.05) is 0 Å². The molecule has 0 amide bonds. The van der Waals surface area contributed by atoms with Crippen LogP contribution in [0.4, 0.5) is 5.69 Å². The van der Waals surface area contributed by atoms with Gasteiger partial charge in [-0.25, -0.2) is 4.98 Å². The van der Waals surface area contributed by atoms with Crippen molar-refractivity contribution in [3.63, 3.8) is 0 Å². The molecule has 0 aliphatic rings. The van der Waals surface area contributed by atoms with Crippen LogP contribution < -0.4 is 5.73 Å². The molecule has 0 spiro atoms. The minimum absolute atomic E-state index is 0.583. The summed E-state index contributed by atoms with van der Waals surface area (Å²) in [7, 11) is 0. The number of aryl methyl sites for hydroxylation is 2. The third-order valence-electron chi connectivity index (χ3n) is 2.52. The molecule has 2 rings (SSSR count). The first kappa shape index (κ1) is 12.3. The number of hydrogen-bond acceptors (Lipinski definition) is 3. The summed E-state index contributed by atoms with van der Waals surface area (Å²) in [6.07, 6.45) is 1.62. The molecule has 1 aromatic carbocycles. The van der Waals surface area contributed by atoms with E-state index < -0.39 is 0 Å². The van der Waals surface area contributed by atoms with Crippen LogP contribution in [0.5, 0.6) is 0 Å². The highest BCUT2D eigenvalue weighted by Crippen LogP contribution is 2.33. The molecule has 0 radical (unpaired) electrons. The van der Waals surface area contributed by atoms with Crippen molar-refractivity contribution in [2.75, 3.05) is 5.73 Å². The van der Waals surface area contributed by atoms with Gasteiger partial charge in [0.2, 0.25) is 0 Å². The zero-order valence-electron chi connectivity index (χ0n) is 9.70. The zero-order valence-corrected chi connectivity index (χ0v) is 11.3. The highest BCUT2D eigenvalue weighted by molar-refractivity contribution is 7.99. The van der Waals surface area contributed by atoms with E-state index in [-0.39, 0.29) is 0 Å². The van der Waals surface area contributed by atoms with E-state index in [1.165, 1.54) is 11.1 Å². The normalized spacial score (nSPS) is 10.5. The van der Waals surface area contributed by atoms with Gasteiger partial charge in [-0.1, -0.05) is 29.4 Å². The fourth-order valence-corrected chi connectivity index (χ4v) is 2.55. The van der Waals surface area contributed by atoms with Gasteiger partial charge < -0.3 is 5.73 Å². The summed E-state index contributed by atoms with van der Waals surface area (Å²) in [6, 6.07) is 8.02. The van der Waals surface area contributed by atoms with Crippen LogP contribution in [0.3, 0.4) is 0 Å². The highest BCUT2D eigenvalue weighted by Gasteiger charge is 2.05.